The zero-order valence-electron chi connectivity index (χ0n) is 10.0. The molecule has 0 aliphatic carbocycles. The monoisotopic (exact) mass is 245 g/mol. The van der Waals surface area contributed by atoms with Crippen molar-refractivity contribution in [3.63, 3.8) is 0 Å². The molecule has 1 aromatic carbocycles. The van der Waals surface area contributed by atoms with Gasteiger partial charge < -0.3 is 9.64 Å². The highest BCUT2D eigenvalue weighted by Gasteiger charge is 2.19. The predicted octanol–water partition coefficient (Wildman–Crippen LogP) is 1.13. The van der Waals surface area contributed by atoms with Gasteiger partial charge in [0.1, 0.15) is 0 Å². The van der Waals surface area contributed by atoms with E-state index >= 15 is 0 Å². The number of amides is 1. The van der Waals surface area contributed by atoms with Gasteiger partial charge in [-0.15, -0.1) is 0 Å². The number of rotatable bonds is 3. The molecule has 1 fully saturated rings. The van der Waals surface area contributed by atoms with Crippen molar-refractivity contribution in [3.8, 4) is 0 Å². The van der Waals surface area contributed by atoms with E-state index in [0.717, 1.165) is 5.56 Å². The molecule has 1 saturated heterocycles. The quantitative estimate of drug-likeness (QED) is 0.347. The minimum atomic E-state index is -0.225. The van der Waals surface area contributed by atoms with E-state index in [-0.39, 0.29) is 11.5 Å². The number of aldehydes is 1. The van der Waals surface area contributed by atoms with Crippen molar-refractivity contribution in [2.45, 2.75) is 0 Å². The van der Waals surface area contributed by atoms with Crippen LogP contribution < -0.4 is 0 Å². The average Bonchev–Trinajstić information content (AvgIpc) is 2.46. The molecule has 0 N–H and O–H groups in total. The van der Waals surface area contributed by atoms with Crippen molar-refractivity contribution in [1.82, 2.24) is 4.90 Å². The Kier molecular flexibility index (Phi) is 4.25. The summed E-state index contributed by atoms with van der Waals surface area (Å²) in [7, 11) is 0. The maximum absolute atomic E-state index is 12.1. The van der Waals surface area contributed by atoms with E-state index in [4.69, 9.17) is 4.74 Å². The van der Waals surface area contributed by atoms with Crippen molar-refractivity contribution >= 4 is 18.3 Å². The van der Waals surface area contributed by atoms with Gasteiger partial charge in [0.25, 0.3) is 5.91 Å². The van der Waals surface area contributed by atoms with Gasteiger partial charge in [0.05, 0.1) is 18.8 Å². The Labute approximate surface area is 106 Å². The first-order valence-electron chi connectivity index (χ1n) is 5.90. The van der Waals surface area contributed by atoms with Crippen LogP contribution in [0.25, 0.3) is 6.08 Å². The summed E-state index contributed by atoms with van der Waals surface area (Å²) in [5.41, 5.74) is 1.03. The topological polar surface area (TPSA) is 46.6 Å². The lowest BCUT2D eigenvalue weighted by Gasteiger charge is -2.26. The Bertz CT molecular complexity index is 447. The molecule has 0 aromatic heterocycles. The van der Waals surface area contributed by atoms with Crippen LogP contribution in [0, 0.1) is 0 Å². The van der Waals surface area contributed by atoms with Gasteiger partial charge in [-0.05, 0) is 11.6 Å². The number of hydrogen-bond donors (Lipinski definition) is 0. The number of benzene rings is 1. The number of carbonyl (C=O) groups is 2. The lowest BCUT2D eigenvalue weighted by atomic mass is 10.1. The molecule has 0 radical (unpaired) electrons. The van der Waals surface area contributed by atoms with E-state index in [0.29, 0.717) is 32.6 Å². The first-order chi connectivity index (χ1) is 8.81. The molecule has 4 nitrogen and oxygen atoms in total. The molecule has 1 aromatic rings. The molecule has 0 bridgehead atoms. The highest BCUT2D eigenvalue weighted by atomic mass is 16.5. The van der Waals surface area contributed by atoms with Crippen LogP contribution in [0.3, 0.4) is 0 Å². The van der Waals surface area contributed by atoms with Gasteiger partial charge in [0.2, 0.25) is 0 Å². The second-order valence-electron chi connectivity index (χ2n) is 4.03. The Morgan fingerprint density at radius 1 is 1.17 bits per heavy atom. The van der Waals surface area contributed by atoms with Crippen molar-refractivity contribution in [2.24, 2.45) is 0 Å². The molecule has 0 unspecified atom stereocenters. The SMILES string of the molecule is O=CC(=Cc1ccccc1)C(=O)N1CCOCC1. The maximum Gasteiger partial charge on any atom is 0.257 e. The van der Waals surface area contributed by atoms with E-state index < -0.39 is 0 Å². The minimum absolute atomic E-state index is 0.183. The Morgan fingerprint density at radius 3 is 2.44 bits per heavy atom. The highest BCUT2D eigenvalue weighted by Crippen LogP contribution is 2.09. The second kappa shape index (κ2) is 6.12. The molecule has 0 atom stereocenters. The summed E-state index contributed by atoms with van der Waals surface area (Å²) in [6.45, 7) is 2.14. The average molecular weight is 245 g/mol. The Morgan fingerprint density at radius 2 is 1.83 bits per heavy atom. The van der Waals surface area contributed by atoms with Crippen LogP contribution in [0.1, 0.15) is 5.56 Å². The Hall–Kier alpha value is -1.94. The van der Waals surface area contributed by atoms with Crippen LogP contribution in [0.15, 0.2) is 35.9 Å². The molecular weight excluding hydrogens is 230 g/mol. The normalized spacial score (nSPS) is 16.4. The zero-order valence-corrected chi connectivity index (χ0v) is 10.0. The third-order valence-corrected chi connectivity index (χ3v) is 2.79. The van der Waals surface area contributed by atoms with Gasteiger partial charge in [-0.2, -0.15) is 0 Å². The fourth-order valence-corrected chi connectivity index (χ4v) is 1.82. The van der Waals surface area contributed by atoms with Gasteiger partial charge in [-0.1, -0.05) is 30.3 Å². The van der Waals surface area contributed by atoms with Crippen LogP contribution in [0.4, 0.5) is 0 Å². The molecule has 2 rings (SSSR count). The highest BCUT2D eigenvalue weighted by molar-refractivity contribution is 6.14. The van der Waals surface area contributed by atoms with Gasteiger partial charge >= 0.3 is 0 Å². The maximum atomic E-state index is 12.1. The molecule has 18 heavy (non-hydrogen) atoms. The number of ether oxygens (including phenoxy) is 1. The summed E-state index contributed by atoms with van der Waals surface area (Å²) in [6, 6.07) is 9.34. The summed E-state index contributed by atoms with van der Waals surface area (Å²) < 4.78 is 5.18. The van der Waals surface area contributed by atoms with E-state index in [1.165, 1.54) is 0 Å². The number of hydrogen-bond acceptors (Lipinski definition) is 3. The number of nitrogens with zero attached hydrogens (tertiary/aromatic N) is 1. The molecular formula is C14H15NO3. The van der Waals surface area contributed by atoms with Crippen molar-refractivity contribution < 1.29 is 14.3 Å². The second-order valence-corrected chi connectivity index (χ2v) is 4.03. The van der Waals surface area contributed by atoms with Crippen LogP contribution in [0.2, 0.25) is 0 Å². The van der Waals surface area contributed by atoms with Gasteiger partial charge in [-0.3, -0.25) is 9.59 Å². The fourth-order valence-electron chi connectivity index (χ4n) is 1.82. The first kappa shape index (κ1) is 12.5. The van der Waals surface area contributed by atoms with Gasteiger partial charge in [0.15, 0.2) is 6.29 Å². The largest absolute Gasteiger partial charge is 0.378 e. The number of morpholine rings is 1. The molecule has 1 aliphatic heterocycles. The van der Waals surface area contributed by atoms with E-state index in [9.17, 15) is 9.59 Å². The van der Waals surface area contributed by atoms with Crippen LogP contribution in [0.5, 0.6) is 0 Å². The van der Waals surface area contributed by atoms with Gasteiger partial charge in [-0.25, -0.2) is 0 Å². The smallest absolute Gasteiger partial charge is 0.257 e. The summed E-state index contributed by atoms with van der Waals surface area (Å²) in [5.74, 6) is -0.225. The van der Waals surface area contributed by atoms with Crippen molar-refractivity contribution in [1.29, 1.82) is 0 Å². The Balaban J connectivity index is 2.15. The van der Waals surface area contributed by atoms with Crippen LogP contribution in [-0.4, -0.2) is 43.4 Å². The van der Waals surface area contributed by atoms with Crippen molar-refractivity contribution in [3.05, 3.63) is 41.5 Å². The van der Waals surface area contributed by atoms with E-state index in [2.05, 4.69) is 0 Å². The summed E-state index contributed by atoms with van der Waals surface area (Å²) in [4.78, 5) is 24.8. The third kappa shape index (κ3) is 3.05. The molecule has 94 valence electrons. The fraction of sp³-hybridized carbons (Fsp3) is 0.286. The third-order valence-electron chi connectivity index (χ3n) is 2.79. The molecule has 0 spiro atoms. The first-order valence-corrected chi connectivity index (χ1v) is 5.90. The zero-order chi connectivity index (χ0) is 12.8. The van der Waals surface area contributed by atoms with Crippen LogP contribution >= 0.6 is 0 Å². The van der Waals surface area contributed by atoms with Gasteiger partial charge in [0, 0.05) is 13.1 Å². The summed E-state index contributed by atoms with van der Waals surface area (Å²) in [5, 5.41) is 0. The van der Waals surface area contributed by atoms with Crippen molar-refractivity contribution in [2.75, 3.05) is 26.3 Å². The lowest BCUT2D eigenvalue weighted by Crippen LogP contribution is -2.41. The molecule has 1 amide bonds. The summed E-state index contributed by atoms with van der Waals surface area (Å²) >= 11 is 0. The van der Waals surface area contributed by atoms with Crippen LogP contribution in [-0.2, 0) is 14.3 Å². The predicted molar refractivity (Wildman–Crippen MR) is 67.9 cm³/mol. The molecule has 0 saturated carbocycles. The van der Waals surface area contributed by atoms with E-state index in [1.54, 1.807) is 11.0 Å². The minimum Gasteiger partial charge on any atom is -0.378 e. The lowest BCUT2D eigenvalue weighted by molar-refractivity contribution is -0.131. The number of carbonyl (C=O) groups excluding carboxylic acids is 2. The molecule has 1 aliphatic rings. The molecule has 4 heteroatoms. The standard InChI is InChI=1S/C14H15NO3/c16-11-13(10-12-4-2-1-3-5-12)14(17)15-6-8-18-9-7-15/h1-5,10-11H,6-9H2. The molecule has 1 heterocycles. The van der Waals surface area contributed by atoms with E-state index in [1.807, 2.05) is 30.3 Å². The summed E-state index contributed by atoms with van der Waals surface area (Å²) in [6.07, 6.45) is 2.23.